The molecular weight excluding hydrogens is 212 g/mol. The Hall–Kier alpha value is -1.88. The second-order valence-electron chi connectivity index (χ2n) is 2.69. The van der Waals surface area contributed by atoms with Crippen LogP contribution in [0.5, 0.6) is 0 Å². The van der Waals surface area contributed by atoms with Crippen LogP contribution in [0.2, 0.25) is 0 Å². The summed E-state index contributed by atoms with van der Waals surface area (Å²) in [6, 6.07) is 7.06. The summed E-state index contributed by atoms with van der Waals surface area (Å²) in [4.78, 5) is 12.3. The predicted molar refractivity (Wildman–Crippen MR) is 58.1 cm³/mol. The molecule has 0 spiro atoms. The molecule has 0 unspecified atom stereocenters. The Kier molecular flexibility index (Phi) is 2.94. The van der Waals surface area contributed by atoms with Gasteiger partial charge in [0.2, 0.25) is 0 Å². The highest BCUT2D eigenvalue weighted by atomic mass is 32.1. The van der Waals surface area contributed by atoms with Gasteiger partial charge in [0.1, 0.15) is 0 Å². The highest BCUT2D eigenvalue weighted by molar-refractivity contribution is 7.11. The summed E-state index contributed by atoms with van der Waals surface area (Å²) >= 11 is 1.55. The van der Waals surface area contributed by atoms with Gasteiger partial charge in [-0.3, -0.25) is 4.79 Å². The van der Waals surface area contributed by atoms with Crippen molar-refractivity contribution < 1.29 is 9.21 Å². The van der Waals surface area contributed by atoms with Crippen LogP contribution in [0.4, 0.5) is 0 Å². The van der Waals surface area contributed by atoms with Crippen molar-refractivity contribution in [1.29, 1.82) is 0 Å². The summed E-state index contributed by atoms with van der Waals surface area (Å²) in [5, 5.41) is 5.74. The van der Waals surface area contributed by atoms with Crippen LogP contribution >= 0.6 is 11.3 Å². The molecule has 0 bridgehead atoms. The van der Waals surface area contributed by atoms with Crippen LogP contribution in [0.1, 0.15) is 15.4 Å². The Morgan fingerprint density at radius 1 is 1.47 bits per heavy atom. The van der Waals surface area contributed by atoms with Crippen LogP contribution in [-0.4, -0.2) is 12.1 Å². The molecule has 0 saturated heterocycles. The standard InChI is InChI=1S/C10H8N2O2S/c13-10(9-4-1-5-14-9)12-11-7-8-3-2-6-15-8/h1-7H,(H,12,13)/b11-7+. The van der Waals surface area contributed by atoms with Gasteiger partial charge >= 0.3 is 5.91 Å². The lowest BCUT2D eigenvalue weighted by Gasteiger charge is -1.93. The topological polar surface area (TPSA) is 54.6 Å². The normalized spacial score (nSPS) is 10.7. The van der Waals surface area contributed by atoms with Crippen LogP contribution in [0.3, 0.4) is 0 Å². The summed E-state index contributed by atoms with van der Waals surface area (Å²) in [5.74, 6) is -0.105. The first-order valence-electron chi connectivity index (χ1n) is 4.26. The van der Waals surface area contributed by atoms with Crippen LogP contribution in [-0.2, 0) is 0 Å². The molecule has 15 heavy (non-hydrogen) atoms. The number of carbonyl (C=O) groups is 1. The molecule has 4 nitrogen and oxygen atoms in total. The second kappa shape index (κ2) is 4.56. The molecule has 5 heteroatoms. The van der Waals surface area contributed by atoms with Crippen molar-refractivity contribution in [1.82, 2.24) is 5.43 Å². The molecule has 2 aromatic heterocycles. The predicted octanol–water partition coefficient (Wildman–Crippen LogP) is 2.11. The Labute approximate surface area is 90.2 Å². The van der Waals surface area contributed by atoms with Crippen molar-refractivity contribution in [3.05, 3.63) is 46.5 Å². The number of hydrazone groups is 1. The van der Waals surface area contributed by atoms with Gasteiger partial charge in [0.05, 0.1) is 12.5 Å². The average Bonchev–Trinajstić information content (AvgIpc) is 2.90. The maximum absolute atomic E-state index is 11.3. The van der Waals surface area contributed by atoms with Gasteiger partial charge in [-0.2, -0.15) is 5.10 Å². The van der Waals surface area contributed by atoms with Gasteiger partial charge < -0.3 is 4.42 Å². The number of rotatable bonds is 3. The maximum atomic E-state index is 11.3. The summed E-state index contributed by atoms with van der Waals surface area (Å²) < 4.78 is 4.90. The fraction of sp³-hybridized carbons (Fsp3) is 0. The lowest BCUT2D eigenvalue weighted by atomic mass is 10.4. The number of nitrogens with zero attached hydrogens (tertiary/aromatic N) is 1. The van der Waals surface area contributed by atoms with E-state index in [0.717, 1.165) is 4.88 Å². The largest absolute Gasteiger partial charge is 0.459 e. The third-order valence-electron chi connectivity index (χ3n) is 1.65. The van der Waals surface area contributed by atoms with E-state index in [1.165, 1.54) is 6.26 Å². The van der Waals surface area contributed by atoms with Crippen LogP contribution < -0.4 is 5.43 Å². The monoisotopic (exact) mass is 220 g/mol. The molecule has 0 aliphatic carbocycles. The lowest BCUT2D eigenvalue weighted by molar-refractivity contribution is 0.0927. The molecule has 0 radical (unpaired) electrons. The third-order valence-corrected chi connectivity index (χ3v) is 2.45. The first kappa shape index (κ1) is 9.67. The molecule has 1 N–H and O–H groups in total. The number of hydrogen-bond acceptors (Lipinski definition) is 4. The average molecular weight is 220 g/mol. The van der Waals surface area contributed by atoms with Gasteiger partial charge in [-0.05, 0) is 23.6 Å². The van der Waals surface area contributed by atoms with Crippen molar-refractivity contribution in [2.24, 2.45) is 5.10 Å². The first-order valence-corrected chi connectivity index (χ1v) is 5.14. The van der Waals surface area contributed by atoms with E-state index in [1.807, 2.05) is 17.5 Å². The van der Waals surface area contributed by atoms with Gasteiger partial charge in [0.25, 0.3) is 0 Å². The number of hydrogen-bond donors (Lipinski definition) is 1. The molecule has 2 rings (SSSR count). The van der Waals surface area contributed by atoms with Crippen LogP contribution in [0.25, 0.3) is 0 Å². The van der Waals surface area contributed by atoms with Gasteiger partial charge in [0, 0.05) is 4.88 Å². The van der Waals surface area contributed by atoms with Crippen molar-refractivity contribution in [2.45, 2.75) is 0 Å². The third kappa shape index (κ3) is 2.54. The zero-order chi connectivity index (χ0) is 10.5. The SMILES string of the molecule is O=C(N/N=C/c1cccs1)c1ccco1. The molecule has 0 aliphatic heterocycles. The number of amides is 1. The van der Waals surface area contributed by atoms with E-state index in [4.69, 9.17) is 4.42 Å². The molecule has 0 aliphatic rings. The van der Waals surface area contributed by atoms with Crippen LogP contribution in [0.15, 0.2) is 45.4 Å². The molecule has 0 fully saturated rings. The second-order valence-corrected chi connectivity index (χ2v) is 3.67. The van der Waals surface area contributed by atoms with Crippen molar-refractivity contribution in [2.75, 3.05) is 0 Å². The first-order chi connectivity index (χ1) is 7.36. The summed E-state index contributed by atoms with van der Waals surface area (Å²) in [6.07, 6.45) is 3.03. The summed E-state index contributed by atoms with van der Waals surface area (Å²) in [6.45, 7) is 0. The molecule has 1 amide bonds. The number of furan rings is 1. The Morgan fingerprint density at radius 3 is 3.07 bits per heavy atom. The highest BCUT2D eigenvalue weighted by Crippen LogP contribution is 2.04. The smallest absolute Gasteiger partial charge is 0.307 e. The minimum absolute atomic E-state index is 0.248. The summed E-state index contributed by atoms with van der Waals surface area (Å²) in [5.41, 5.74) is 2.37. The minimum Gasteiger partial charge on any atom is -0.459 e. The van der Waals surface area contributed by atoms with Gasteiger partial charge in [-0.25, -0.2) is 5.43 Å². The van der Waals surface area contributed by atoms with Crippen molar-refractivity contribution >= 4 is 23.5 Å². The summed E-state index contributed by atoms with van der Waals surface area (Å²) in [7, 11) is 0. The van der Waals surface area contributed by atoms with Gasteiger partial charge in [-0.1, -0.05) is 6.07 Å². The van der Waals surface area contributed by atoms with Crippen LogP contribution in [0, 0.1) is 0 Å². The molecule has 0 atom stereocenters. The number of thiophene rings is 1. The zero-order valence-electron chi connectivity index (χ0n) is 7.71. The molecule has 2 heterocycles. The molecule has 76 valence electrons. The van der Waals surface area contributed by atoms with Gasteiger partial charge in [0.15, 0.2) is 5.76 Å². The number of nitrogens with one attached hydrogen (secondary N) is 1. The van der Waals surface area contributed by atoms with Crippen molar-refractivity contribution in [3.63, 3.8) is 0 Å². The van der Waals surface area contributed by atoms with E-state index in [1.54, 1.807) is 29.7 Å². The fourth-order valence-corrected chi connectivity index (χ4v) is 1.57. The Bertz CT molecular complexity index is 446. The van der Waals surface area contributed by atoms with E-state index in [9.17, 15) is 4.79 Å². The van der Waals surface area contributed by atoms with E-state index in [-0.39, 0.29) is 11.7 Å². The van der Waals surface area contributed by atoms with Crippen molar-refractivity contribution in [3.8, 4) is 0 Å². The zero-order valence-corrected chi connectivity index (χ0v) is 8.53. The van der Waals surface area contributed by atoms with E-state index in [0.29, 0.717) is 0 Å². The minimum atomic E-state index is -0.354. The Morgan fingerprint density at radius 2 is 2.40 bits per heavy atom. The maximum Gasteiger partial charge on any atom is 0.307 e. The highest BCUT2D eigenvalue weighted by Gasteiger charge is 2.05. The van der Waals surface area contributed by atoms with Gasteiger partial charge in [-0.15, -0.1) is 11.3 Å². The van der Waals surface area contributed by atoms with E-state index >= 15 is 0 Å². The molecule has 2 aromatic rings. The Balaban J connectivity index is 1.91. The quantitative estimate of drug-likeness (QED) is 0.636. The molecule has 0 saturated carbocycles. The molecular formula is C10H8N2O2S. The molecule has 0 aromatic carbocycles. The fourth-order valence-electron chi connectivity index (χ4n) is 0.982. The van der Waals surface area contributed by atoms with E-state index in [2.05, 4.69) is 10.5 Å². The lowest BCUT2D eigenvalue weighted by Crippen LogP contribution is -2.16. The van der Waals surface area contributed by atoms with E-state index < -0.39 is 0 Å². The number of carbonyl (C=O) groups excluding carboxylic acids is 1.